The SMILES string of the molecule is CCNc1ccc(CN)cc1Cl. The van der Waals surface area contributed by atoms with Crippen LogP contribution in [0.1, 0.15) is 12.5 Å². The quantitative estimate of drug-likeness (QED) is 0.756. The molecule has 0 aliphatic rings. The first-order valence-electron chi connectivity index (χ1n) is 4.00. The van der Waals surface area contributed by atoms with Crippen molar-refractivity contribution in [2.45, 2.75) is 13.5 Å². The van der Waals surface area contributed by atoms with Gasteiger partial charge in [-0.1, -0.05) is 17.7 Å². The van der Waals surface area contributed by atoms with Gasteiger partial charge in [-0.15, -0.1) is 0 Å². The molecule has 0 aromatic heterocycles. The Hall–Kier alpha value is -0.730. The highest BCUT2D eigenvalue weighted by Gasteiger charge is 1.98. The first-order valence-corrected chi connectivity index (χ1v) is 4.38. The van der Waals surface area contributed by atoms with Crippen LogP contribution in [0.25, 0.3) is 0 Å². The number of hydrogen-bond donors (Lipinski definition) is 2. The number of nitrogens with one attached hydrogen (secondary N) is 1. The molecule has 0 heterocycles. The summed E-state index contributed by atoms with van der Waals surface area (Å²) in [5.41, 5.74) is 7.49. The van der Waals surface area contributed by atoms with Crippen LogP contribution in [0, 0.1) is 0 Å². The standard InChI is InChI=1S/C9H13ClN2/c1-2-12-9-4-3-7(6-11)5-8(9)10/h3-5,12H,2,6,11H2,1H3. The van der Waals surface area contributed by atoms with Crippen LogP contribution in [-0.4, -0.2) is 6.54 Å². The second kappa shape index (κ2) is 4.33. The summed E-state index contributed by atoms with van der Waals surface area (Å²) in [4.78, 5) is 0. The van der Waals surface area contributed by atoms with Crippen molar-refractivity contribution in [2.24, 2.45) is 5.73 Å². The van der Waals surface area contributed by atoms with E-state index in [9.17, 15) is 0 Å². The predicted molar refractivity (Wildman–Crippen MR) is 53.5 cm³/mol. The van der Waals surface area contributed by atoms with Gasteiger partial charge in [0.1, 0.15) is 0 Å². The summed E-state index contributed by atoms with van der Waals surface area (Å²) in [6, 6.07) is 5.82. The largest absolute Gasteiger partial charge is 0.384 e. The van der Waals surface area contributed by atoms with Gasteiger partial charge in [0, 0.05) is 13.1 Å². The van der Waals surface area contributed by atoms with Crippen molar-refractivity contribution < 1.29 is 0 Å². The van der Waals surface area contributed by atoms with Gasteiger partial charge in [0.05, 0.1) is 10.7 Å². The van der Waals surface area contributed by atoms with E-state index in [2.05, 4.69) is 5.32 Å². The van der Waals surface area contributed by atoms with E-state index in [1.54, 1.807) is 0 Å². The Morgan fingerprint density at radius 3 is 2.75 bits per heavy atom. The normalized spacial score (nSPS) is 9.92. The van der Waals surface area contributed by atoms with Crippen molar-refractivity contribution >= 4 is 17.3 Å². The van der Waals surface area contributed by atoms with Crippen molar-refractivity contribution in [3.63, 3.8) is 0 Å². The van der Waals surface area contributed by atoms with Crippen LogP contribution in [0.3, 0.4) is 0 Å². The molecule has 12 heavy (non-hydrogen) atoms. The van der Waals surface area contributed by atoms with Gasteiger partial charge in [-0.25, -0.2) is 0 Å². The average Bonchev–Trinajstić information content (AvgIpc) is 2.09. The summed E-state index contributed by atoms with van der Waals surface area (Å²) in [7, 11) is 0. The van der Waals surface area contributed by atoms with Crippen molar-refractivity contribution in [2.75, 3.05) is 11.9 Å². The van der Waals surface area contributed by atoms with E-state index in [0.717, 1.165) is 22.8 Å². The third-order valence-corrected chi connectivity index (χ3v) is 1.95. The van der Waals surface area contributed by atoms with E-state index < -0.39 is 0 Å². The number of nitrogens with two attached hydrogens (primary N) is 1. The van der Waals surface area contributed by atoms with Gasteiger partial charge < -0.3 is 11.1 Å². The lowest BCUT2D eigenvalue weighted by Crippen LogP contribution is -1.99. The molecule has 1 aromatic carbocycles. The molecule has 0 unspecified atom stereocenters. The number of halogens is 1. The van der Waals surface area contributed by atoms with E-state index in [4.69, 9.17) is 17.3 Å². The number of benzene rings is 1. The summed E-state index contributed by atoms with van der Waals surface area (Å²) < 4.78 is 0. The molecule has 0 atom stereocenters. The highest BCUT2D eigenvalue weighted by Crippen LogP contribution is 2.22. The molecule has 0 bridgehead atoms. The zero-order valence-corrected chi connectivity index (χ0v) is 7.86. The molecule has 0 amide bonds. The van der Waals surface area contributed by atoms with Gasteiger partial charge in [-0.05, 0) is 24.6 Å². The van der Waals surface area contributed by atoms with Crippen molar-refractivity contribution in [1.82, 2.24) is 0 Å². The summed E-state index contributed by atoms with van der Waals surface area (Å²) in [5.74, 6) is 0. The highest BCUT2D eigenvalue weighted by molar-refractivity contribution is 6.33. The summed E-state index contributed by atoms with van der Waals surface area (Å²) in [5, 5.41) is 3.89. The van der Waals surface area contributed by atoms with Crippen LogP contribution in [-0.2, 0) is 6.54 Å². The molecule has 2 nitrogen and oxygen atoms in total. The Kier molecular flexibility index (Phi) is 3.38. The minimum atomic E-state index is 0.534. The molecule has 0 aliphatic heterocycles. The van der Waals surface area contributed by atoms with Gasteiger partial charge in [0.2, 0.25) is 0 Å². The van der Waals surface area contributed by atoms with Crippen LogP contribution in [0.2, 0.25) is 5.02 Å². The topological polar surface area (TPSA) is 38.0 Å². The molecule has 0 saturated carbocycles. The lowest BCUT2D eigenvalue weighted by atomic mass is 10.2. The van der Waals surface area contributed by atoms with E-state index in [1.807, 2.05) is 25.1 Å². The minimum absolute atomic E-state index is 0.534. The van der Waals surface area contributed by atoms with Crippen molar-refractivity contribution in [1.29, 1.82) is 0 Å². The van der Waals surface area contributed by atoms with Crippen LogP contribution in [0.5, 0.6) is 0 Å². The van der Waals surface area contributed by atoms with Crippen LogP contribution in [0.4, 0.5) is 5.69 Å². The van der Waals surface area contributed by atoms with E-state index in [1.165, 1.54) is 0 Å². The first kappa shape index (κ1) is 9.36. The maximum atomic E-state index is 5.97. The second-order valence-corrected chi connectivity index (χ2v) is 2.96. The minimum Gasteiger partial charge on any atom is -0.384 e. The lowest BCUT2D eigenvalue weighted by molar-refractivity contribution is 1.07. The fourth-order valence-corrected chi connectivity index (χ4v) is 1.29. The van der Waals surface area contributed by atoms with Crippen LogP contribution < -0.4 is 11.1 Å². The van der Waals surface area contributed by atoms with Gasteiger partial charge in [0.25, 0.3) is 0 Å². The first-order chi connectivity index (χ1) is 5.77. The molecule has 0 spiro atoms. The maximum absolute atomic E-state index is 5.97. The predicted octanol–water partition coefficient (Wildman–Crippen LogP) is 2.23. The van der Waals surface area contributed by atoms with E-state index >= 15 is 0 Å². The second-order valence-electron chi connectivity index (χ2n) is 2.55. The highest BCUT2D eigenvalue weighted by atomic mass is 35.5. The Bertz CT molecular complexity index is 261. The average molecular weight is 185 g/mol. The third-order valence-electron chi connectivity index (χ3n) is 1.64. The van der Waals surface area contributed by atoms with E-state index in [0.29, 0.717) is 6.54 Å². The molecule has 1 rings (SSSR count). The molecular formula is C9H13ClN2. The Labute approximate surface area is 77.7 Å². The zero-order valence-electron chi connectivity index (χ0n) is 7.10. The van der Waals surface area contributed by atoms with Crippen LogP contribution >= 0.6 is 11.6 Å². The summed E-state index contributed by atoms with van der Waals surface area (Å²) in [6.07, 6.45) is 0. The fraction of sp³-hybridized carbons (Fsp3) is 0.333. The van der Waals surface area contributed by atoms with Crippen molar-refractivity contribution in [3.8, 4) is 0 Å². The molecule has 1 aromatic rings. The van der Waals surface area contributed by atoms with Gasteiger partial charge in [0.15, 0.2) is 0 Å². The smallest absolute Gasteiger partial charge is 0.0640 e. The summed E-state index contributed by atoms with van der Waals surface area (Å²) >= 11 is 5.97. The zero-order chi connectivity index (χ0) is 8.97. The van der Waals surface area contributed by atoms with Gasteiger partial charge in [-0.2, -0.15) is 0 Å². The van der Waals surface area contributed by atoms with Crippen LogP contribution in [0.15, 0.2) is 18.2 Å². The molecule has 0 radical (unpaired) electrons. The number of hydrogen-bond acceptors (Lipinski definition) is 2. The Morgan fingerprint density at radius 1 is 1.50 bits per heavy atom. The van der Waals surface area contributed by atoms with Crippen molar-refractivity contribution in [3.05, 3.63) is 28.8 Å². The molecular weight excluding hydrogens is 172 g/mol. The van der Waals surface area contributed by atoms with Gasteiger partial charge >= 0.3 is 0 Å². The molecule has 3 N–H and O–H groups in total. The molecule has 0 saturated heterocycles. The Morgan fingerprint density at radius 2 is 2.25 bits per heavy atom. The molecule has 66 valence electrons. The monoisotopic (exact) mass is 184 g/mol. The lowest BCUT2D eigenvalue weighted by Gasteiger charge is -2.06. The summed E-state index contributed by atoms with van der Waals surface area (Å²) in [6.45, 7) is 3.45. The third kappa shape index (κ3) is 2.13. The number of rotatable bonds is 3. The Balaban J connectivity index is 2.87. The number of anilines is 1. The maximum Gasteiger partial charge on any atom is 0.0640 e. The fourth-order valence-electron chi connectivity index (χ4n) is 1.02. The van der Waals surface area contributed by atoms with E-state index in [-0.39, 0.29) is 0 Å². The molecule has 0 aliphatic carbocycles. The van der Waals surface area contributed by atoms with Gasteiger partial charge in [-0.3, -0.25) is 0 Å². The molecule has 3 heteroatoms. The molecule has 0 fully saturated rings.